The van der Waals surface area contributed by atoms with E-state index in [0.717, 1.165) is 48.4 Å². The molecule has 3 heterocycles. The van der Waals surface area contributed by atoms with Gasteiger partial charge in [0.2, 0.25) is 0 Å². The number of piperidine rings is 1. The van der Waals surface area contributed by atoms with Crippen molar-refractivity contribution in [1.82, 2.24) is 30.1 Å². The molecule has 1 aromatic carbocycles. The molecule has 188 valence electrons. The van der Waals surface area contributed by atoms with E-state index in [-0.39, 0.29) is 17.1 Å². The number of ether oxygens (including phenoxy) is 1. The van der Waals surface area contributed by atoms with E-state index in [4.69, 9.17) is 4.74 Å². The van der Waals surface area contributed by atoms with Crippen molar-refractivity contribution in [2.45, 2.75) is 83.7 Å². The molecule has 1 aliphatic carbocycles. The van der Waals surface area contributed by atoms with Gasteiger partial charge < -0.3 is 9.72 Å². The minimum atomic E-state index is -0.301. The van der Waals surface area contributed by atoms with E-state index in [2.05, 4.69) is 46.2 Å². The summed E-state index contributed by atoms with van der Waals surface area (Å²) in [5, 5.41) is 14.0. The largest absolute Gasteiger partial charge is 0.497 e. The van der Waals surface area contributed by atoms with Crippen LogP contribution in [-0.2, 0) is 5.54 Å². The third-order valence-electron chi connectivity index (χ3n) is 8.52. The molecule has 2 aliphatic rings. The number of aromatic nitrogens is 5. The van der Waals surface area contributed by atoms with Crippen LogP contribution < -0.4 is 10.3 Å². The van der Waals surface area contributed by atoms with Crippen molar-refractivity contribution in [3.05, 3.63) is 46.0 Å². The number of tetrazole rings is 1. The first-order chi connectivity index (χ1) is 16.9. The van der Waals surface area contributed by atoms with Gasteiger partial charge in [-0.15, -0.1) is 5.10 Å². The first-order valence-electron chi connectivity index (χ1n) is 13.1. The van der Waals surface area contributed by atoms with Crippen molar-refractivity contribution >= 4 is 10.9 Å². The highest BCUT2D eigenvalue weighted by Crippen LogP contribution is 2.45. The van der Waals surface area contributed by atoms with Crippen LogP contribution in [0.3, 0.4) is 0 Å². The fraction of sp³-hybridized carbons (Fsp3) is 0.630. The van der Waals surface area contributed by atoms with Crippen LogP contribution in [0.25, 0.3) is 10.9 Å². The lowest BCUT2D eigenvalue weighted by molar-refractivity contribution is 0.0326. The predicted molar refractivity (Wildman–Crippen MR) is 137 cm³/mol. The summed E-state index contributed by atoms with van der Waals surface area (Å²) < 4.78 is 7.30. The molecule has 8 heteroatoms. The van der Waals surface area contributed by atoms with Gasteiger partial charge in [0, 0.05) is 18.2 Å². The number of likely N-dealkylation sites (tertiary alicyclic amines) is 1. The fourth-order valence-corrected chi connectivity index (χ4v) is 6.15. The molecular weight excluding hydrogens is 440 g/mol. The van der Waals surface area contributed by atoms with E-state index in [1.807, 2.05) is 28.9 Å². The average molecular weight is 479 g/mol. The van der Waals surface area contributed by atoms with Gasteiger partial charge in [0.25, 0.3) is 5.56 Å². The molecule has 8 nitrogen and oxygen atoms in total. The minimum absolute atomic E-state index is 0.0946. The molecule has 3 aromatic rings. The summed E-state index contributed by atoms with van der Waals surface area (Å²) in [5.41, 5.74) is 1.46. The van der Waals surface area contributed by atoms with Gasteiger partial charge in [0.1, 0.15) is 11.8 Å². The van der Waals surface area contributed by atoms with Crippen LogP contribution in [0.1, 0.15) is 89.6 Å². The molecule has 2 fully saturated rings. The topological polar surface area (TPSA) is 88.9 Å². The molecule has 1 aliphatic heterocycles. The van der Waals surface area contributed by atoms with Gasteiger partial charge in [-0.25, -0.2) is 4.68 Å². The molecular formula is C27H38N6O2. The minimum Gasteiger partial charge on any atom is -0.497 e. The van der Waals surface area contributed by atoms with E-state index in [9.17, 15) is 4.79 Å². The van der Waals surface area contributed by atoms with Crippen molar-refractivity contribution in [3.63, 3.8) is 0 Å². The van der Waals surface area contributed by atoms with Crippen molar-refractivity contribution in [2.75, 3.05) is 20.2 Å². The maximum atomic E-state index is 13.6. The Bertz CT molecular complexity index is 1230. The van der Waals surface area contributed by atoms with E-state index >= 15 is 0 Å². The molecule has 1 N–H and O–H groups in total. The third kappa shape index (κ3) is 4.48. The molecule has 0 amide bonds. The molecule has 2 aromatic heterocycles. The Kier molecular flexibility index (Phi) is 6.42. The van der Waals surface area contributed by atoms with Crippen molar-refractivity contribution in [2.24, 2.45) is 5.41 Å². The van der Waals surface area contributed by atoms with Crippen LogP contribution in [0.4, 0.5) is 0 Å². The van der Waals surface area contributed by atoms with Crippen molar-refractivity contribution < 1.29 is 4.74 Å². The van der Waals surface area contributed by atoms with Gasteiger partial charge in [0.15, 0.2) is 5.82 Å². The van der Waals surface area contributed by atoms with Crippen LogP contribution >= 0.6 is 0 Å². The maximum Gasteiger partial charge on any atom is 0.253 e. The number of hydrogen-bond acceptors (Lipinski definition) is 6. The van der Waals surface area contributed by atoms with E-state index < -0.39 is 0 Å². The summed E-state index contributed by atoms with van der Waals surface area (Å²) in [6.07, 6.45) is 9.78. The van der Waals surface area contributed by atoms with Gasteiger partial charge in [0.05, 0.1) is 18.2 Å². The second kappa shape index (κ2) is 9.37. The van der Waals surface area contributed by atoms with Crippen LogP contribution in [0.2, 0.25) is 0 Å². The number of rotatable bonds is 6. The molecule has 1 saturated heterocycles. The lowest BCUT2D eigenvalue weighted by Crippen LogP contribution is -2.48. The van der Waals surface area contributed by atoms with Gasteiger partial charge in [-0.05, 0) is 91.9 Å². The quantitative estimate of drug-likeness (QED) is 0.547. The second-order valence-electron chi connectivity index (χ2n) is 11.2. The summed E-state index contributed by atoms with van der Waals surface area (Å²) in [6, 6.07) is 7.53. The van der Waals surface area contributed by atoms with Crippen LogP contribution in [0.15, 0.2) is 29.1 Å². The highest BCUT2D eigenvalue weighted by Gasteiger charge is 2.42. The van der Waals surface area contributed by atoms with Crippen molar-refractivity contribution in [1.29, 1.82) is 0 Å². The molecule has 0 radical (unpaired) electrons. The average Bonchev–Trinajstić information content (AvgIpc) is 3.35. The van der Waals surface area contributed by atoms with Gasteiger partial charge >= 0.3 is 0 Å². The van der Waals surface area contributed by atoms with Crippen LogP contribution in [0, 0.1) is 5.41 Å². The number of pyridine rings is 1. The number of H-pyrrole nitrogens is 1. The zero-order chi connectivity index (χ0) is 24.6. The van der Waals surface area contributed by atoms with Crippen LogP contribution in [-0.4, -0.2) is 50.3 Å². The third-order valence-corrected chi connectivity index (χ3v) is 8.52. The summed E-state index contributed by atoms with van der Waals surface area (Å²) in [4.78, 5) is 19.2. The Morgan fingerprint density at radius 3 is 2.66 bits per heavy atom. The maximum absolute atomic E-state index is 13.6. The predicted octanol–water partition coefficient (Wildman–Crippen LogP) is 4.80. The molecule has 1 spiro atoms. The Hall–Kier alpha value is -2.74. The number of aromatic amines is 1. The van der Waals surface area contributed by atoms with Gasteiger partial charge in [-0.3, -0.25) is 9.69 Å². The summed E-state index contributed by atoms with van der Waals surface area (Å²) >= 11 is 0. The lowest BCUT2D eigenvalue weighted by Gasteiger charge is -2.47. The summed E-state index contributed by atoms with van der Waals surface area (Å²) in [5.74, 6) is 1.48. The lowest BCUT2D eigenvalue weighted by atomic mass is 9.69. The first-order valence-corrected chi connectivity index (χ1v) is 13.1. The molecule has 1 unspecified atom stereocenters. The SMILES string of the molecule is CCC(C)(C)n1nnnc1C(c1cc2ccc(OC)cc2[nH]c1=O)N1CCCC2(CCCCC2)C1. The van der Waals surface area contributed by atoms with E-state index in [1.54, 1.807) is 7.11 Å². The fourth-order valence-electron chi connectivity index (χ4n) is 6.15. The standard InChI is InChI=1S/C27H38N6O2/c1-5-26(2,3)33-24(29-30-31-33)23(32-15-9-14-27(18-32)12-7-6-8-13-27)21-16-19-10-11-20(35-4)17-22(19)28-25(21)34/h10-11,16-17,23H,5-9,12-15,18H2,1-4H3,(H,28,34). The van der Waals surface area contributed by atoms with Crippen molar-refractivity contribution in [3.8, 4) is 5.75 Å². The smallest absolute Gasteiger partial charge is 0.253 e. The first kappa shape index (κ1) is 24.0. The van der Waals surface area contributed by atoms with E-state index in [1.165, 1.54) is 38.5 Å². The Labute approximate surface area is 207 Å². The number of hydrogen-bond donors (Lipinski definition) is 1. The number of benzene rings is 1. The summed E-state index contributed by atoms with van der Waals surface area (Å²) in [6.45, 7) is 8.37. The summed E-state index contributed by atoms with van der Waals surface area (Å²) in [7, 11) is 1.64. The Balaban J connectivity index is 1.65. The van der Waals surface area contributed by atoms with Gasteiger partial charge in [-0.1, -0.05) is 26.2 Å². The highest BCUT2D eigenvalue weighted by molar-refractivity contribution is 5.80. The molecule has 1 atom stereocenters. The number of methoxy groups -OCH3 is 1. The number of nitrogens with zero attached hydrogens (tertiary/aromatic N) is 5. The Morgan fingerprint density at radius 1 is 1.14 bits per heavy atom. The zero-order valence-corrected chi connectivity index (χ0v) is 21.5. The monoisotopic (exact) mass is 478 g/mol. The molecule has 5 rings (SSSR count). The number of nitrogens with one attached hydrogen (secondary N) is 1. The normalized spacial score (nSPS) is 19.8. The van der Waals surface area contributed by atoms with E-state index in [0.29, 0.717) is 11.0 Å². The molecule has 1 saturated carbocycles. The number of fused-ring (bicyclic) bond motifs is 1. The zero-order valence-electron chi connectivity index (χ0n) is 21.5. The van der Waals surface area contributed by atoms with Crippen LogP contribution in [0.5, 0.6) is 5.75 Å². The highest BCUT2D eigenvalue weighted by atomic mass is 16.5. The second-order valence-corrected chi connectivity index (χ2v) is 11.2. The molecule has 0 bridgehead atoms. The Morgan fingerprint density at radius 2 is 1.91 bits per heavy atom. The van der Waals surface area contributed by atoms with Gasteiger partial charge in [-0.2, -0.15) is 0 Å². The molecule has 35 heavy (non-hydrogen) atoms.